The number of hydrogen-bond acceptors (Lipinski definition) is 5. The van der Waals surface area contributed by atoms with Crippen LogP contribution in [0, 0.1) is 0 Å². The number of piperidine rings is 1. The largest absolute Gasteiger partial charge is 0.370 e. The molecule has 7 heteroatoms. The fourth-order valence-electron chi connectivity index (χ4n) is 3.39. The van der Waals surface area contributed by atoms with E-state index >= 15 is 0 Å². The highest BCUT2D eigenvalue weighted by atomic mass is 32.2. The van der Waals surface area contributed by atoms with Gasteiger partial charge < -0.3 is 4.90 Å². The summed E-state index contributed by atoms with van der Waals surface area (Å²) in [5, 5.41) is 1.96. The van der Waals surface area contributed by atoms with Gasteiger partial charge >= 0.3 is 0 Å². The van der Waals surface area contributed by atoms with Gasteiger partial charge in [-0.15, -0.1) is 11.3 Å². The molecular formula is C16H21N3O2S2. The minimum absolute atomic E-state index is 0.114. The van der Waals surface area contributed by atoms with Gasteiger partial charge in [0.2, 0.25) is 10.0 Å². The number of fused-ring (bicyclic) bond motifs is 1. The first-order valence-electron chi connectivity index (χ1n) is 8.11. The van der Waals surface area contributed by atoms with Crippen molar-refractivity contribution in [3.8, 4) is 0 Å². The molecule has 1 saturated carbocycles. The molecule has 1 aliphatic carbocycles. The molecule has 2 aliphatic rings. The van der Waals surface area contributed by atoms with Crippen LogP contribution in [0.5, 0.6) is 0 Å². The Labute approximate surface area is 141 Å². The van der Waals surface area contributed by atoms with E-state index in [0.717, 1.165) is 44.3 Å². The number of thiophene rings is 1. The van der Waals surface area contributed by atoms with E-state index in [9.17, 15) is 8.42 Å². The topological polar surface area (TPSA) is 53.5 Å². The minimum atomic E-state index is -3.07. The van der Waals surface area contributed by atoms with E-state index in [4.69, 9.17) is 0 Å². The zero-order chi connectivity index (χ0) is 16.0. The molecule has 4 rings (SSSR count). The Bertz CT molecular complexity index is 806. The average molecular weight is 351 g/mol. The van der Waals surface area contributed by atoms with Crippen LogP contribution in [0.1, 0.15) is 25.7 Å². The van der Waals surface area contributed by atoms with E-state index in [0.29, 0.717) is 0 Å². The predicted molar refractivity (Wildman–Crippen MR) is 94.6 cm³/mol. The number of anilines is 1. The first-order chi connectivity index (χ1) is 11.1. The standard InChI is InChI=1S/C16H21N3O2S2/c1-18(23(20,21)13-2-3-13)12-5-9-19(10-6-12)15-4-8-17-14-7-11-22-16(14)15/h4,7-8,11-13H,2-3,5-6,9-10H2,1H3. The molecule has 23 heavy (non-hydrogen) atoms. The van der Waals surface area contributed by atoms with Crippen molar-refractivity contribution in [2.75, 3.05) is 25.0 Å². The molecule has 0 radical (unpaired) electrons. The van der Waals surface area contributed by atoms with Crippen molar-refractivity contribution in [3.63, 3.8) is 0 Å². The summed E-state index contributed by atoms with van der Waals surface area (Å²) in [6.07, 6.45) is 5.30. The second-order valence-corrected chi connectivity index (χ2v) is 9.63. The monoisotopic (exact) mass is 351 g/mol. The van der Waals surface area contributed by atoms with Crippen molar-refractivity contribution in [3.05, 3.63) is 23.7 Å². The summed E-state index contributed by atoms with van der Waals surface area (Å²) < 4.78 is 27.7. The first kappa shape index (κ1) is 15.4. The quantitative estimate of drug-likeness (QED) is 0.850. The van der Waals surface area contributed by atoms with Crippen LogP contribution in [0.15, 0.2) is 23.7 Å². The van der Waals surface area contributed by atoms with Crippen LogP contribution < -0.4 is 4.90 Å². The van der Waals surface area contributed by atoms with E-state index in [1.165, 1.54) is 10.4 Å². The summed E-state index contributed by atoms with van der Waals surface area (Å²) in [6.45, 7) is 1.79. The van der Waals surface area contributed by atoms with E-state index in [1.54, 1.807) is 22.7 Å². The lowest BCUT2D eigenvalue weighted by atomic mass is 10.0. The highest BCUT2D eigenvalue weighted by molar-refractivity contribution is 7.90. The molecule has 0 bridgehead atoms. The van der Waals surface area contributed by atoms with Gasteiger partial charge in [-0.05, 0) is 43.2 Å². The first-order valence-corrected chi connectivity index (χ1v) is 10.5. The van der Waals surface area contributed by atoms with E-state index in [2.05, 4.69) is 21.3 Å². The summed E-state index contributed by atoms with van der Waals surface area (Å²) in [7, 11) is -1.30. The number of pyridine rings is 1. The Morgan fingerprint density at radius 3 is 2.65 bits per heavy atom. The maximum Gasteiger partial charge on any atom is 0.216 e. The van der Waals surface area contributed by atoms with Crippen molar-refractivity contribution in [1.29, 1.82) is 0 Å². The molecule has 2 aromatic heterocycles. The summed E-state index contributed by atoms with van der Waals surface area (Å²) in [5.41, 5.74) is 2.28. The smallest absolute Gasteiger partial charge is 0.216 e. The molecule has 5 nitrogen and oxygen atoms in total. The molecular weight excluding hydrogens is 330 g/mol. The average Bonchev–Trinajstić information content (AvgIpc) is 3.32. The second-order valence-electron chi connectivity index (χ2n) is 6.44. The molecule has 0 aromatic carbocycles. The number of aromatic nitrogens is 1. The third-order valence-corrected chi connectivity index (χ3v) is 8.33. The number of hydrogen-bond donors (Lipinski definition) is 0. The summed E-state index contributed by atoms with van der Waals surface area (Å²) >= 11 is 1.72. The second kappa shape index (κ2) is 5.72. The molecule has 1 aliphatic heterocycles. The fourth-order valence-corrected chi connectivity index (χ4v) is 6.11. The lowest BCUT2D eigenvalue weighted by Crippen LogP contribution is -2.46. The molecule has 2 aromatic rings. The van der Waals surface area contributed by atoms with Crippen molar-refractivity contribution < 1.29 is 8.42 Å². The Kier molecular flexibility index (Phi) is 3.82. The Balaban J connectivity index is 1.48. The maximum absolute atomic E-state index is 12.4. The zero-order valence-corrected chi connectivity index (χ0v) is 14.8. The molecule has 0 spiro atoms. The van der Waals surface area contributed by atoms with Crippen LogP contribution in [-0.2, 0) is 10.0 Å². The van der Waals surface area contributed by atoms with Crippen LogP contribution in [0.4, 0.5) is 5.69 Å². The third-order valence-electron chi connectivity index (χ3n) is 4.99. The SMILES string of the molecule is CN(C1CCN(c2ccnc3ccsc23)CC1)S(=O)(=O)C1CC1. The van der Waals surface area contributed by atoms with Gasteiger partial charge in [0.1, 0.15) is 0 Å². The van der Waals surface area contributed by atoms with Gasteiger partial charge in [0.15, 0.2) is 0 Å². The Hall–Kier alpha value is -1.18. The summed E-state index contributed by atoms with van der Waals surface area (Å²) in [4.78, 5) is 6.76. The van der Waals surface area contributed by atoms with Crippen molar-refractivity contribution in [2.24, 2.45) is 0 Å². The van der Waals surface area contributed by atoms with E-state index < -0.39 is 10.0 Å². The normalized spacial score (nSPS) is 20.5. The molecule has 2 fully saturated rings. The van der Waals surface area contributed by atoms with Crippen molar-refractivity contribution >= 4 is 37.3 Å². The molecule has 0 atom stereocenters. The van der Waals surface area contributed by atoms with E-state index in [1.807, 2.05) is 12.3 Å². The fraction of sp³-hybridized carbons (Fsp3) is 0.562. The van der Waals surface area contributed by atoms with E-state index in [-0.39, 0.29) is 11.3 Å². The van der Waals surface area contributed by atoms with Gasteiger partial charge in [0.25, 0.3) is 0 Å². The lowest BCUT2D eigenvalue weighted by Gasteiger charge is -2.37. The molecule has 0 N–H and O–H groups in total. The van der Waals surface area contributed by atoms with Crippen LogP contribution in [0.2, 0.25) is 0 Å². The highest BCUT2D eigenvalue weighted by Crippen LogP contribution is 2.35. The van der Waals surface area contributed by atoms with Gasteiger partial charge in [-0.1, -0.05) is 0 Å². The van der Waals surface area contributed by atoms with Crippen LogP contribution in [0.3, 0.4) is 0 Å². The molecule has 3 heterocycles. The van der Waals surface area contributed by atoms with Gasteiger partial charge in [-0.3, -0.25) is 4.98 Å². The lowest BCUT2D eigenvalue weighted by molar-refractivity contribution is 0.312. The van der Waals surface area contributed by atoms with Gasteiger partial charge in [-0.2, -0.15) is 0 Å². The van der Waals surface area contributed by atoms with Crippen molar-refractivity contribution in [1.82, 2.24) is 9.29 Å². The number of sulfonamides is 1. The van der Waals surface area contributed by atoms with Gasteiger partial charge in [0, 0.05) is 32.4 Å². The van der Waals surface area contributed by atoms with Gasteiger partial charge in [-0.25, -0.2) is 12.7 Å². The Morgan fingerprint density at radius 2 is 1.96 bits per heavy atom. The highest BCUT2D eigenvalue weighted by Gasteiger charge is 2.41. The van der Waals surface area contributed by atoms with Crippen LogP contribution in [-0.4, -0.2) is 49.1 Å². The zero-order valence-electron chi connectivity index (χ0n) is 13.2. The van der Waals surface area contributed by atoms with Crippen LogP contribution >= 0.6 is 11.3 Å². The summed E-state index contributed by atoms with van der Waals surface area (Å²) in [6, 6.07) is 4.26. The number of nitrogens with zero attached hydrogens (tertiary/aromatic N) is 3. The number of rotatable bonds is 4. The van der Waals surface area contributed by atoms with Crippen LogP contribution in [0.25, 0.3) is 10.2 Å². The summed E-state index contributed by atoms with van der Waals surface area (Å²) in [5.74, 6) is 0. The molecule has 124 valence electrons. The molecule has 0 unspecified atom stereocenters. The predicted octanol–water partition coefficient (Wildman–Crippen LogP) is 2.69. The molecule has 1 saturated heterocycles. The Morgan fingerprint density at radius 1 is 1.22 bits per heavy atom. The third kappa shape index (κ3) is 2.75. The minimum Gasteiger partial charge on any atom is -0.370 e. The maximum atomic E-state index is 12.4. The van der Waals surface area contributed by atoms with Gasteiger partial charge in [0.05, 0.1) is 21.2 Å². The van der Waals surface area contributed by atoms with Crippen molar-refractivity contribution in [2.45, 2.75) is 37.0 Å². The molecule has 0 amide bonds.